The van der Waals surface area contributed by atoms with E-state index < -0.39 is 0 Å². The van der Waals surface area contributed by atoms with E-state index in [2.05, 4.69) is 6.92 Å². The van der Waals surface area contributed by atoms with E-state index in [1.807, 2.05) is 0 Å². The van der Waals surface area contributed by atoms with Gasteiger partial charge in [0.05, 0.1) is 19.8 Å². The van der Waals surface area contributed by atoms with Crippen molar-refractivity contribution >= 4 is 11.3 Å². The molecule has 0 amide bonds. The lowest BCUT2D eigenvalue weighted by Crippen LogP contribution is -1.95. The maximum absolute atomic E-state index is 9.18. The average molecular weight is 216 g/mol. The summed E-state index contributed by atoms with van der Waals surface area (Å²) in [5, 5.41) is 27.4. The molecule has 0 unspecified atom stereocenters. The summed E-state index contributed by atoms with van der Waals surface area (Å²) in [6.07, 6.45) is 1.90. The van der Waals surface area contributed by atoms with Crippen LogP contribution in [0.4, 0.5) is 0 Å². The van der Waals surface area contributed by atoms with E-state index in [4.69, 9.17) is 10.2 Å². The van der Waals surface area contributed by atoms with Gasteiger partial charge in [0, 0.05) is 9.75 Å². The molecule has 0 aliphatic heterocycles. The van der Waals surface area contributed by atoms with Crippen LogP contribution in [0.1, 0.15) is 34.2 Å². The first-order chi connectivity index (χ1) is 6.78. The molecule has 1 rings (SSSR count). The number of hydrogen-bond donors (Lipinski definition) is 3. The van der Waals surface area contributed by atoms with Gasteiger partial charge in [-0.2, -0.15) is 0 Å². The van der Waals surface area contributed by atoms with Crippen LogP contribution in [0, 0.1) is 0 Å². The van der Waals surface area contributed by atoms with E-state index in [1.165, 1.54) is 11.3 Å². The number of aliphatic hydroxyl groups excluding tert-OH is 3. The molecule has 3 nitrogen and oxygen atoms in total. The molecule has 1 aromatic rings. The number of hydrogen-bond acceptors (Lipinski definition) is 4. The number of thiophene rings is 1. The Labute approximate surface area is 87.6 Å². The topological polar surface area (TPSA) is 60.7 Å². The third-order valence-electron chi connectivity index (χ3n) is 2.22. The fraction of sp³-hybridized carbons (Fsp3) is 0.600. The van der Waals surface area contributed by atoms with Crippen LogP contribution in [0.3, 0.4) is 0 Å². The molecule has 0 aliphatic rings. The number of aliphatic hydroxyl groups is 3. The third-order valence-corrected chi connectivity index (χ3v) is 3.54. The highest BCUT2D eigenvalue weighted by molar-refractivity contribution is 7.12. The van der Waals surface area contributed by atoms with Gasteiger partial charge in [0.1, 0.15) is 0 Å². The first-order valence-corrected chi connectivity index (χ1v) is 5.54. The monoisotopic (exact) mass is 216 g/mol. The molecule has 0 aromatic carbocycles. The lowest BCUT2D eigenvalue weighted by atomic mass is 10.1. The normalized spacial score (nSPS) is 10.9. The van der Waals surface area contributed by atoms with E-state index in [-0.39, 0.29) is 19.8 Å². The van der Waals surface area contributed by atoms with Gasteiger partial charge in [0.2, 0.25) is 0 Å². The maximum atomic E-state index is 9.18. The van der Waals surface area contributed by atoms with Crippen LogP contribution in [0.25, 0.3) is 0 Å². The van der Waals surface area contributed by atoms with Crippen LogP contribution in [0.2, 0.25) is 0 Å². The van der Waals surface area contributed by atoms with Crippen LogP contribution in [-0.2, 0) is 26.2 Å². The minimum atomic E-state index is -0.105. The van der Waals surface area contributed by atoms with Crippen molar-refractivity contribution in [3.05, 3.63) is 20.9 Å². The summed E-state index contributed by atoms with van der Waals surface area (Å²) in [5.41, 5.74) is 1.52. The molecule has 1 heterocycles. The summed E-state index contributed by atoms with van der Waals surface area (Å²) in [4.78, 5) is 1.86. The first kappa shape index (κ1) is 11.7. The fourth-order valence-electron chi connectivity index (χ4n) is 1.53. The van der Waals surface area contributed by atoms with E-state index in [0.717, 1.165) is 28.2 Å². The Bertz CT molecular complexity index is 294. The van der Waals surface area contributed by atoms with Crippen LogP contribution in [0.15, 0.2) is 0 Å². The van der Waals surface area contributed by atoms with Crippen molar-refractivity contribution in [2.45, 2.75) is 39.6 Å². The van der Waals surface area contributed by atoms with Gasteiger partial charge in [-0.3, -0.25) is 0 Å². The van der Waals surface area contributed by atoms with Crippen LogP contribution in [-0.4, -0.2) is 15.3 Å². The number of aryl methyl sites for hydroxylation is 1. The quantitative estimate of drug-likeness (QED) is 0.692. The molecular formula is C10H16O3S. The van der Waals surface area contributed by atoms with Gasteiger partial charge in [0.15, 0.2) is 0 Å². The van der Waals surface area contributed by atoms with Gasteiger partial charge in [-0.25, -0.2) is 0 Å². The molecule has 0 atom stereocenters. The second-order valence-corrected chi connectivity index (χ2v) is 4.32. The van der Waals surface area contributed by atoms with E-state index in [1.54, 1.807) is 0 Å². The van der Waals surface area contributed by atoms with Crippen LogP contribution >= 0.6 is 11.3 Å². The van der Waals surface area contributed by atoms with Gasteiger partial charge in [-0.15, -0.1) is 11.3 Å². The fourth-order valence-corrected chi connectivity index (χ4v) is 2.82. The lowest BCUT2D eigenvalue weighted by Gasteiger charge is -2.01. The minimum Gasteiger partial charge on any atom is -0.392 e. The summed E-state index contributed by atoms with van der Waals surface area (Å²) >= 11 is 1.49. The van der Waals surface area contributed by atoms with Crippen LogP contribution in [0.5, 0.6) is 0 Å². The van der Waals surface area contributed by atoms with Crippen molar-refractivity contribution in [2.24, 2.45) is 0 Å². The predicted molar refractivity (Wildman–Crippen MR) is 56.1 cm³/mol. The van der Waals surface area contributed by atoms with Crippen molar-refractivity contribution in [1.29, 1.82) is 0 Å². The molecule has 0 aliphatic carbocycles. The zero-order valence-electron chi connectivity index (χ0n) is 8.29. The molecule has 0 saturated heterocycles. The van der Waals surface area contributed by atoms with Crippen molar-refractivity contribution in [3.63, 3.8) is 0 Å². The molecule has 0 radical (unpaired) electrons. The molecule has 4 heteroatoms. The van der Waals surface area contributed by atoms with E-state index in [0.29, 0.717) is 5.56 Å². The largest absolute Gasteiger partial charge is 0.392 e. The zero-order valence-corrected chi connectivity index (χ0v) is 9.10. The summed E-state index contributed by atoms with van der Waals surface area (Å²) < 4.78 is 0. The molecular weight excluding hydrogens is 200 g/mol. The second kappa shape index (κ2) is 5.46. The minimum absolute atomic E-state index is 0.0538. The summed E-state index contributed by atoms with van der Waals surface area (Å²) in [6.45, 7) is 1.85. The van der Waals surface area contributed by atoms with Crippen LogP contribution < -0.4 is 0 Å². The highest BCUT2D eigenvalue weighted by atomic mass is 32.1. The highest BCUT2D eigenvalue weighted by Gasteiger charge is 2.15. The number of rotatable bonds is 5. The molecule has 0 bridgehead atoms. The van der Waals surface area contributed by atoms with Crippen molar-refractivity contribution < 1.29 is 15.3 Å². The summed E-state index contributed by atoms with van der Waals surface area (Å²) in [6, 6.07) is 0. The lowest BCUT2D eigenvalue weighted by molar-refractivity contribution is 0.250. The molecule has 0 saturated carbocycles. The maximum Gasteiger partial charge on any atom is 0.0778 e. The molecule has 0 fully saturated rings. The van der Waals surface area contributed by atoms with Gasteiger partial charge >= 0.3 is 0 Å². The molecule has 3 N–H and O–H groups in total. The average Bonchev–Trinajstić information content (AvgIpc) is 2.55. The van der Waals surface area contributed by atoms with Crippen molar-refractivity contribution in [2.75, 3.05) is 0 Å². The van der Waals surface area contributed by atoms with Gasteiger partial charge in [-0.1, -0.05) is 13.3 Å². The third kappa shape index (κ3) is 2.15. The zero-order chi connectivity index (χ0) is 10.6. The summed E-state index contributed by atoms with van der Waals surface area (Å²) in [7, 11) is 0. The molecule has 1 aromatic heterocycles. The van der Waals surface area contributed by atoms with Crippen molar-refractivity contribution in [3.8, 4) is 0 Å². The molecule has 14 heavy (non-hydrogen) atoms. The Balaban J connectivity index is 3.10. The SMILES string of the molecule is CCCc1sc(CO)c(CO)c1CO. The Morgan fingerprint density at radius 3 is 1.93 bits per heavy atom. The second-order valence-electron chi connectivity index (χ2n) is 3.13. The smallest absolute Gasteiger partial charge is 0.0778 e. The summed E-state index contributed by atoms with van der Waals surface area (Å²) in [5.74, 6) is 0. The Hall–Kier alpha value is -0.420. The molecule has 0 spiro atoms. The Morgan fingerprint density at radius 2 is 1.50 bits per heavy atom. The predicted octanol–water partition coefficient (Wildman–Crippen LogP) is 1.18. The Kier molecular flexibility index (Phi) is 4.54. The van der Waals surface area contributed by atoms with Crippen molar-refractivity contribution in [1.82, 2.24) is 0 Å². The van der Waals surface area contributed by atoms with E-state index >= 15 is 0 Å². The van der Waals surface area contributed by atoms with Gasteiger partial charge in [0.25, 0.3) is 0 Å². The standard InChI is InChI=1S/C10H16O3S/c1-2-3-9-7(4-11)8(5-12)10(6-13)14-9/h11-13H,2-6H2,1H3. The first-order valence-electron chi connectivity index (χ1n) is 4.73. The van der Waals surface area contributed by atoms with E-state index in [9.17, 15) is 5.11 Å². The van der Waals surface area contributed by atoms with Gasteiger partial charge < -0.3 is 15.3 Å². The van der Waals surface area contributed by atoms with Gasteiger partial charge in [-0.05, 0) is 17.5 Å². The Morgan fingerprint density at radius 1 is 0.929 bits per heavy atom. The molecule has 80 valence electrons. The highest BCUT2D eigenvalue weighted by Crippen LogP contribution is 2.30.